The minimum Gasteiger partial charge on any atom is -0.425 e. The van der Waals surface area contributed by atoms with Crippen LogP contribution >= 0.6 is 0 Å². The van der Waals surface area contributed by atoms with E-state index in [-0.39, 0.29) is 0 Å². The molecule has 1 atom stereocenters. The van der Waals surface area contributed by atoms with Crippen molar-refractivity contribution in [1.82, 2.24) is 9.97 Å². The number of aryl methyl sites for hydroxylation is 1. The lowest BCUT2D eigenvalue weighted by Crippen LogP contribution is -2.30. The molecule has 0 aliphatic carbocycles. The second-order valence-corrected chi connectivity index (χ2v) is 9.10. The van der Waals surface area contributed by atoms with Crippen LogP contribution in [0.1, 0.15) is 97.0 Å². The van der Waals surface area contributed by atoms with E-state index < -0.39 is 11.4 Å². The zero-order valence-electron chi connectivity index (χ0n) is 20.6. The summed E-state index contributed by atoms with van der Waals surface area (Å²) in [6, 6.07) is 9.24. The molecule has 2 rings (SSSR count). The van der Waals surface area contributed by atoms with E-state index in [0.29, 0.717) is 18.0 Å². The molecular weight excluding hydrogens is 410 g/mol. The number of hydrogen-bond acceptors (Lipinski definition) is 5. The van der Waals surface area contributed by atoms with Crippen molar-refractivity contribution < 1.29 is 9.53 Å². The monoisotopic (exact) mass is 449 g/mol. The van der Waals surface area contributed by atoms with Crippen LogP contribution in [0.25, 0.3) is 11.4 Å². The Balaban J connectivity index is 1.82. The first-order valence-corrected chi connectivity index (χ1v) is 12.6. The van der Waals surface area contributed by atoms with Crippen LogP contribution in [0.2, 0.25) is 0 Å². The Hall–Kier alpha value is -2.74. The Bertz CT molecular complexity index is 872. The first-order chi connectivity index (χ1) is 16.0. The van der Waals surface area contributed by atoms with Gasteiger partial charge in [0.15, 0.2) is 11.2 Å². The Morgan fingerprint density at radius 3 is 2.06 bits per heavy atom. The van der Waals surface area contributed by atoms with Gasteiger partial charge in [0.1, 0.15) is 5.75 Å². The van der Waals surface area contributed by atoms with E-state index >= 15 is 0 Å². The summed E-state index contributed by atoms with van der Waals surface area (Å²) in [7, 11) is 0. The Morgan fingerprint density at radius 2 is 1.48 bits per heavy atom. The first kappa shape index (κ1) is 26.5. The molecule has 0 aliphatic heterocycles. The number of rotatable bonds is 15. The lowest BCUT2D eigenvalue weighted by molar-refractivity contribution is -0.142. The number of nitrogens with zero attached hydrogens (tertiary/aromatic N) is 3. The molecule has 0 amide bonds. The summed E-state index contributed by atoms with van der Waals surface area (Å²) in [5, 5.41) is 9.43. The molecule has 0 bridgehead atoms. The zero-order chi connectivity index (χ0) is 23.9. The molecular formula is C28H39N3O2. The average molecular weight is 450 g/mol. The van der Waals surface area contributed by atoms with E-state index in [1.54, 1.807) is 19.1 Å². The number of aromatic nitrogens is 2. The molecule has 5 nitrogen and oxygen atoms in total. The number of unbranched alkanes of at least 4 members (excludes halogenated alkanes) is 8. The van der Waals surface area contributed by atoms with Gasteiger partial charge in [-0.3, -0.25) is 0 Å². The summed E-state index contributed by atoms with van der Waals surface area (Å²) in [5.41, 5.74) is 0.906. The highest BCUT2D eigenvalue weighted by Crippen LogP contribution is 2.27. The van der Waals surface area contributed by atoms with E-state index in [2.05, 4.69) is 23.0 Å². The maximum atomic E-state index is 12.5. The summed E-state index contributed by atoms with van der Waals surface area (Å²) < 4.78 is 5.47. The molecule has 0 saturated carbocycles. The van der Waals surface area contributed by atoms with Crippen LogP contribution in [-0.2, 0) is 11.2 Å². The molecule has 2 aromatic rings. The Kier molecular flexibility index (Phi) is 11.6. The molecule has 0 spiro atoms. The molecule has 1 heterocycles. The third-order valence-electron chi connectivity index (χ3n) is 6.07. The standard InChI is InChI=1S/C28H39N3O2/c1-4-6-8-9-10-11-12-13-14-23-20-30-26(31-21-23)24-15-17-25(18-16-24)33-27(32)28(3,22-29)19-7-5-2/h15-18,20-21H,4-14,19H2,1-3H3. The second kappa shape index (κ2) is 14.4. The summed E-state index contributed by atoms with van der Waals surface area (Å²) in [5.74, 6) is 0.568. The fraction of sp³-hybridized carbons (Fsp3) is 0.571. The summed E-state index contributed by atoms with van der Waals surface area (Å²) in [4.78, 5) is 21.5. The van der Waals surface area contributed by atoms with Crippen LogP contribution in [0.3, 0.4) is 0 Å². The lowest BCUT2D eigenvalue weighted by atomic mass is 9.87. The number of carbonyl (C=O) groups excluding carboxylic acids is 1. The molecule has 0 aliphatic rings. The normalized spacial score (nSPS) is 12.7. The Labute approximate surface area is 199 Å². The smallest absolute Gasteiger partial charge is 0.331 e. The van der Waals surface area contributed by atoms with Crippen LogP contribution in [0.5, 0.6) is 5.75 Å². The van der Waals surface area contributed by atoms with Gasteiger partial charge in [0.05, 0.1) is 6.07 Å². The van der Waals surface area contributed by atoms with Crippen LogP contribution < -0.4 is 4.74 Å². The molecule has 1 aromatic carbocycles. The van der Waals surface area contributed by atoms with Crippen molar-refractivity contribution in [3.8, 4) is 23.2 Å². The van der Waals surface area contributed by atoms with Crippen molar-refractivity contribution in [2.45, 2.75) is 97.8 Å². The highest BCUT2D eigenvalue weighted by molar-refractivity contribution is 5.81. The van der Waals surface area contributed by atoms with Crippen LogP contribution in [0, 0.1) is 16.7 Å². The van der Waals surface area contributed by atoms with Gasteiger partial charge in [-0.1, -0.05) is 71.6 Å². The van der Waals surface area contributed by atoms with Crippen molar-refractivity contribution in [1.29, 1.82) is 5.26 Å². The largest absolute Gasteiger partial charge is 0.425 e. The number of esters is 1. The van der Waals surface area contributed by atoms with Crippen molar-refractivity contribution in [3.05, 3.63) is 42.2 Å². The van der Waals surface area contributed by atoms with E-state index in [1.165, 1.54) is 51.4 Å². The van der Waals surface area contributed by atoms with Crippen molar-refractivity contribution >= 4 is 5.97 Å². The van der Waals surface area contributed by atoms with Crippen molar-refractivity contribution in [2.24, 2.45) is 5.41 Å². The molecule has 178 valence electrons. The lowest BCUT2D eigenvalue weighted by Gasteiger charge is -2.19. The molecule has 0 N–H and O–H groups in total. The predicted octanol–water partition coefficient (Wildman–Crippen LogP) is 7.45. The Morgan fingerprint density at radius 1 is 0.909 bits per heavy atom. The number of carbonyl (C=O) groups is 1. The summed E-state index contributed by atoms with van der Waals surface area (Å²) in [6.07, 6.45) is 17.5. The molecule has 0 saturated heterocycles. The number of benzene rings is 1. The number of nitriles is 1. The predicted molar refractivity (Wildman–Crippen MR) is 133 cm³/mol. The highest BCUT2D eigenvalue weighted by atomic mass is 16.5. The fourth-order valence-electron chi connectivity index (χ4n) is 3.72. The quantitative estimate of drug-likeness (QED) is 0.160. The topological polar surface area (TPSA) is 75.9 Å². The van der Waals surface area contributed by atoms with Gasteiger partial charge in [0, 0.05) is 18.0 Å². The second-order valence-electron chi connectivity index (χ2n) is 9.10. The minimum atomic E-state index is -1.12. The van der Waals surface area contributed by atoms with Gasteiger partial charge in [-0.05, 0) is 56.0 Å². The van der Waals surface area contributed by atoms with Crippen LogP contribution in [-0.4, -0.2) is 15.9 Å². The number of ether oxygens (including phenoxy) is 1. The van der Waals surface area contributed by atoms with E-state index in [9.17, 15) is 10.1 Å². The molecule has 1 aromatic heterocycles. The molecule has 33 heavy (non-hydrogen) atoms. The van der Waals surface area contributed by atoms with Gasteiger partial charge in [0.25, 0.3) is 0 Å². The van der Waals surface area contributed by atoms with Gasteiger partial charge >= 0.3 is 5.97 Å². The van der Waals surface area contributed by atoms with Crippen molar-refractivity contribution in [3.63, 3.8) is 0 Å². The van der Waals surface area contributed by atoms with E-state index in [0.717, 1.165) is 30.4 Å². The average Bonchev–Trinajstić information content (AvgIpc) is 2.85. The van der Waals surface area contributed by atoms with Gasteiger partial charge < -0.3 is 4.74 Å². The SMILES string of the molecule is CCCCCCCCCCc1cnc(-c2ccc(OC(=O)C(C)(C#N)CCCC)cc2)nc1. The van der Waals surface area contributed by atoms with E-state index in [1.807, 2.05) is 31.5 Å². The molecule has 0 radical (unpaired) electrons. The van der Waals surface area contributed by atoms with Crippen LogP contribution in [0.4, 0.5) is 0 Å². The molecule has 5 heteroatoms. The van der Waals surface area contributed by atoms with Crippen LogP contribution in [0.15, 0.2) is 36.7 Å². The van der Waals surface area contributed by atoms with Gasteiger partial charge in [0.2, 0.25) is 0 Å². The minimum absolute atomic E-state index is 0.424. The maximum absolute atomic E-state index is 12.5. The van der Waals surface area contributed by atoms with E-state index in [4.69, 9.17) is 4.74 Å². The summed E-state index contributed by atoms with van der Waals surface area (Å²) >= 11 is 0. The highest BCUT2D eigenvalue weighted by Gasteiger charge is 2.34. The third-order valence-corrected chi connectivity index (χ3v) is 6.07. The van der Waals surface area contributed by atoms with Gasteiger partial charge in [-0.15, -0.1) is 0 Å². The van der Waals surface area contributed by atoms with Crippen molar-refractivity contribution in [2.75, 3.05) is 0 Å². The third kappa shape index (κ3) is 8.96. The maximum Gasteiger partial charge on any atom is 0.331 e. The summed E-state index contributed by atoms with van der Waals surface area (Å²) in [6.45, 7) is 5.93. The fourth-order valence-corrected chi connectivity index (χ4v) is 3.72. The van der Waals surface area contributed by atoms with Gasteiger partial charge in [-0.2, -0.15) is 5.26 Å². The molecule has 0 fully saturated rings. The van der Waals surface area contributed by atoms with Gasteiger partial charge in [-0.25, -0.2) is 14.8 Å². The first-order valence-electron chi connectivity index (χ1n) is 12.6. The molecule has 1 unspecified atom stereocenters. The number of hydrogen-bond donors (Lipinski definition) is 0. The zero-order valence-corrected chi connectivity index (χ0v) is 20.6.